The van der Waals surface area contributed by atoms with Crippen LogP contribution < -0.4 is 5.32 Å². The van der Waals surface area contributed by atoms with Crippen LogP contribution in [-0.4, -0.2) is 41.7 Å². The highest BCUT2D eigenvalue weighted by atomic mass is 32.2. The number of aromatic nitrogens is 1. The Hall–Kier alpha value is -2.98. The van der Waals surface area contributed by atoms with Gasteiger partial charge in [-0.1, -0.05) is 12.1 Å². The van der Waals surface area contributed by atoms with Crippen LogP contribution in [0.5, 0.6) is 0 Å². The summed E-state index contributed by atoms with van der Waals surface area (Å²) in [5.74, 6) is -1.03. The first-order valence-corrected chi connectivity index (χ1v) is 10.3. The maximum Gasteiger partial charge on any atom is 0.337 e. The van der Waals surface area contributed by atoms with Crippen molar-refractivity contribution < 1.29 is 23.9 Å². The Bertz CT molecular complexity index is 996. The molecule has 0 aliphatic carbocycles. The van der Waals surface area contributed by atoms with Crippen LogP contribution in [0.15, 0.2) is 39.5 Å². The standard InChI is InChI=1S/C19H17N3O5S2/c1-3-27-15(23)9-13-10-28-18(20-13)22-19-21-16(24)14(29-19)8-11-4-6-12(7-5-11)17(25)26-2/h4-8,10H,3,9H2,1-2H3,(H,20,21,22,24)/b14-8+. The molecule has 1 saturated heterocycles. The highest BCUT2D eigenvalue weighted by Crippen LogP contribution is 2.29. The van der Waals surface area contributed by atoms with Crippen molar-refractivity contribution in [3.8, 4) is 0 Å². The quantitative estimate of drug-likeness (QED) is 0.553. The van der Waals surface area contributed by atoms with Gasteiger partial charge in [0.05, 0.1) is 36.3 Å². The maximum absolute atomic E-state index is 12.2. The number of amides is 1. The fraction of sp³-hybridized carbons (Fsp3) is 0.211. The summed E-state index contributed by atoms with van der Waals surface area (Å²) in [6.07, 6.45) is 1.79. The molecule has 10 heteroatoms. The molecule has 0 unspecified atom stereocenters. The number of methoxy groups -OCH3 is 1. The molecule has 1 amide bonds. The lowest BCUT2D eigenvalue weighted by Crippen LogP contribution is -2.19. The summed E-state index contributed by atoms with van der Waals surface area (Å²) < 4.78 is 9.56. The van der Waals surface area contributed by atoms with Gasteiger partial charge in [0.25, 0.3) is 5.91 Å². The highest BCUT2D eigenvalue weighted by Gasteiger charge is 2.24. The summed E-state index contributed by atoms with van der Waals surface area (Å²) in [6, 6.07) is 6.71. The van der Waals surface area contributed by atoms with Gasteiger partial charge in [0.1, 0.15) is 0 Å². The van der Waals surface area contributed by atoms with Crippen LogP contribution in [-0.2, 0) is 25.5 Å². The van der Waals surface area contributed by atoms with Crippen LogP contribution in [0.25, 0.3) is 6.08 Å². The van der Waals surface area contributed by atoms with Crippen molar-refractivity contribution in [3.05, 3.63) is 51.4 Å². The molecule has 3 rings (SSSR count). The van der Waals surface area contributed by atoms with E-state index in [1.54, 1.807) is 42.6 Å². The third-order valence-corrected chi connectivity index (χ3v) is 5.34. The van der Waals surface area contributed by atoms with Gasteiger partial charge in [0.15, 0.2) is 5.17 Å². The van der Waals surface area contributed by atoms with Crippen LogP contribution in [0.1, 0.15) is 28.5 Å². The number of carbonyl (C=O) groups is 3. The Labute approximate surface area is 175 Å². The summed E-state index contributed by atoms with van der Waals surface area (Å²) in [7, 11) is 1.32. The highest BCUT2D eigenvalue weighted by molar-refractivity contribution is 8.18. The summed E-state index contributed by atoms with van der Waals surface area (Å²) >= 11 is 2.46. The van der Waals surface area contributed by atoms with Crippen LogP contribution in [0.3, 0.4) is 0 Å². The van der Waals surface area contributed by atoms with E-state index in [2.05, 4.69) is 20.0 Å². The number of thiazole rings is 1. The molecular weight excluding hydrogens is 414 g/mol. The van der Waals surface area contributed by atoms with Crippen molar-refractivity contribution in [1.29, 1.82) is 0 Å². The number of rotatable bonds is 6. The largest absolute Gasteiger partial charge is 0.466 e. The van der Waals surface area contributed by atoms with Gasteiger partial charge in [-0.15, -0.1) is 11.3 Å². The maximum atomic E-state index is 12.2. The van der Waals surface area contributed by atoms with Crippen LogP contribution in [0.4, 0.5) is 5.13 Å². The number of carbonyl (C=O) groups excluding carboxylic acids is 3. The number of hydrogen-bond acceptors (Lipinski definition) is 9. The van der Waals surface area contributed by atoms with Gasteiger partial charge in [-0.3, -0.25) is 9.59 Å². The number of aliphatic imine (C=N–C) groups is 1. The molecule has 0 saturated carbocycles. The first kappa shape index (κ1) is 20.7. The lowest BCUT2D eigenvalue weighted by atomic mass is 10.1. The Morgan fingerprint density at radius 3 is 2.72 bits per heavy atom. The number of benzene rings is 1. The average molecular weight is 431 g/mol. The fourth-order valence-electron chi connectivity index (χ4n) is 2.34. The van der Waals surface area contributed by atoms with Crippen LogP contribution in [0.2, 0.25) is 0 Å². The molecular formula is C19H17N3O5S2. The molecule has 29 heavy (non-hydrogen) atoms. The molecule has 1 aliphatic rings. The van der Waals surface area contributed by atoms with Crippen molar-refractivity contribution in [2.45, 2.75) is 13.3 Å². The number of thioether (sulfide) groups is 1. The minimum absolute atomic E-state index is 0.0847. The van der Waals surface area contributed by atoms with E-state index in [4.69, 9.17) is 4.74 Å². The Kier molecular flexibility index (Phi) is 6.78. The van der Waals surface area contributed by atoms with Gasteiger partial charge in [0, 0.05) is 5.38 Å². The monoisotopic (exact) mass is 431 g/mol. The van der Waals surface area contributed by atoms with Crippen molar-refractivity contribution in [2.24, 2.45) is 4.99 Å². The van der Waals surface area contributed by atoms with E-state index in [1.165, 1.54) is 30.2 Å². The lowest BCUT2D eigenvalue weighted by Gasteiger charge is -1.99. The van der Waals surface area contributed by atoms with Gasteiger partial charge < -0.3 is 14.8 Å². The molecule has 2 aromatic rings. The molecule has 8 nitrogen and oxygen atoms in total. The number of hydrogen-bond donors (Lipinski definition) is 1. The van der Waals surface area contributed by atoms with E-state index < -0.39 is 5.97 Å². The molecule has 0 spiro atoms. The van der Waals surface area contributed by atoms with Gasteiger partial charge in [0.2, 0.25) is 5.13 Å². The van der Waals surface area contributed by atoms with Crippen molar-refractivity contribution in [3.63, 3.8) is 0 Å². The predicted molar refractivity (Wildman–Crippen MR) is 111 cm³/mol. The molecule has 0 radical (unpaired) electrons. The van der Waals surface area contributed by atoms with Gasteiger partial charge >= 0.3 is 11.9 Å². The van der Waals surface area contributed by atoms with Gasteiger partial charge in [-0.25, -0.2) is 9.78 Å². The van der Waals surface area contributed by atoms with E-state index in [0.29, 0.717) is 33.1 Å². The molecule has 150 valence electrons. The van der Waals surface area contributed by atoms with E-state index in [1.807, 2.05) is 0 Å². The zero-order chi connectivity index (χ0) is 20.8. The Morgan fingerprint density at radius 1 is 1.28 bits per heavy atom. The summed E-state index contributed by atoms with van der Waals surface area (Å²) in [5.41, 5.74) is 1.77. The third kappa shape index (κ3) is 5.52. The fourth-order valence-corrected chi connectivity index (χ4v) is 3.91. The van der Waals surface area contributed by atoms with E-state index >= 15 is 0 Å². The topological polar surface area (TPSA) is 107 Å². The van der Waals surface area contributed by atoms with E-state index in [-0.39, 0.29) is 18.3 Å². The normalized spacial score (nSPS) is 16.1. The first-order chi connectivity index (χ1) is 14.0. The van der Waals surface area contributed by atoms with E-state index in [9.17, 15) is 14.4 Å². The van der Waals surface area contributed by atoms with Crippen molar-refractivity contribution in [2.75, 3.05) is 13.7 Å². The third-order valence-electron chi connectivity index (χ3n) is 3.65. The summed E-state index contributed by atoms with van der Waals surface area (Å²) in [5, 5.41) is 5.27. The Balaban J connectivity index is 1.68. The molecule has 2 heterocycles. The van der Waals surface area contributed by atoms with Crippen LogP contribution in [0, 0.1) is 0 Å². The second kappa shape index (κ2) is 9.48. The summed E-state index contributed by atoms with van der Waals surface area (Å²) in [4.78, 5) is 44.2. The van der Waals surface area contributed by atoms with Crippen molar-refractivity contribution >= 4 is 57.3 Å². The Morgan fingerprint density at radius 2 is 2.03 bits per heavy atom. The SMILES string of the molecule is CCOC(=O)Cc1csc(/N=C2/NC(=O)/C(=C\c3ccc(C(=O)OC)cc3)S2)n1. The molecule has 1 aromatic carbocycles. The second-order valence-electron chi connectivity index (χ2n) is 5.70. The number of esters is 2. The number of nitrogens with zero attached hydrogens (tertiary/aromatic N) is 2. The second-order valence-corrected chi connectivity index (χ2v) is 7.57. The molecule has 0 atom stereocenters. The first-order valence-electron chi connectivity index (χ1n) is 8.56. The summed E-state index contributed by atoms with van der Waals surface area (Å²) in [6.45, 7) is 2.07. The molecule has 0 bridgehead atoms. The predicted octanol–water partition coefficient (Wildman–Crippen LogP) is 2.93. The molecule has 1 aromatic heterocycles. The minimum atomic E-state index is -0.419. The number of amidine groups is 1. The smallest absolute Gasteiger partial charge is 0.337 e. The molecule has 1 N–H and O–H groups in total. The molecule has 1 aliphatic heterocycles. The lowest BCUT2D eigenvalue weighted by molar-refractivity contribution is -0.142. The van der Waals surface area contributed by atoms with Crippen molar-refractivity contribution in [1.82, 2.24) is 10.3 Å². The zero-order valence-corrected chi connectivity index (χ0v) is 17.3. The van der Waals surface area contributed by atoms with E-state index in [0.717, 1.165) is 5.56 Å². The number of nitrogens with one attached hydrogen (secondary N) is 1. The van der Waals surface area contributed by atoms with Gasteiger partial charge in [-0.2, -0.15) is 4.99 Å². The molecule has 1 fully saturated rings. The zero-order valence-electron chi connectivity index (χ0n) is 15.6. The van der Waals surface area contributed by atoms with Crippen LogP contribution >= 0.6 is 23.1 Å². The van der Waals surface area contributed by atoms with Gasteiger partial charge in [-0.05, 0) is 42.5 Å². The average Bonchev–Trinajstić information content (AvgIpc) is 3.28. The number of ether oxygens (including phenoxy) is 2. The minimum Gasteiger partial charge on any atom is -0.466 e.